The van der Waals surface area contributed by atoms with Crippen molar-refractivity contribution in [2.45, 2.75) is 25.2 Å². The molecule has 0 radical (unpaired) electrons. The number of rotatable bonds is 3. The van der Waals surface area contributed by atoms with Gasteiger partial charge in [0.05, 0.1) is 5.69 Å². The second kappa shape index (κ2) is 5.65. The van der Waals surface area contributed by atoms with Crippen LogP contribution in [0.5, 0.6) is 0 Å². The summed E-state index contributed by atoms with van der Waals surface area (Å²) in [7, 11) is -3.64. The molecule has 21 heavy (non-hydrogen) atoms. The van der Waals surface area contributed by atoms with Crippen LogP contribution in [0.2, 0.25) is 0 Å². The molecule has 2 unspecified atom stereocenters. The van der Waals surface area contributed by atoms with Crippen molar-refractivity contribution in [2.24, 2.45) is 17.6 Å². The molecule has 6 nitrogen and oxygen atoms in total. The van der Waals surface area contributed by atoms with E-state index in [1.807, 2.05) is 6.92 Å². The van der Waals surface area contributed by atoms with Gasteiger partial charge in [0.2, 0.25) is 15.9 Å². The summed E-state index contributed by atoms with van der Waals surface area (Å²) in [5, 5.41) is 0. The van der Waals surface area contributed by atoms with Crippen LogP contribution in [0, 0.1) is 11.8 Å². The summed E-state index contributed by atoms with van der Waals surface area (Å²) in [5.41, 5.74) is 11.2. The minimum absolute atomic E-state index is 0.0363. The number of hydrogen-bond acceptors (Lipinski definition) is 4. The number of benzene rings is 1. The van der Waals surface area contributed by atoms with Gasteiger partial charge in [-0.25, -0.2) is 8.42 Å². The Labute approximate surface area is 125 Å². The number of sulfonamides is 1. The smallest absolute Gasteiger partial charge is 0.248 e. The van der Waals surface area contributed by atoms with E-state index in [4.69, 9.17) is 11.5 Å². The van der Waals surface area contributed by atoms with Crippen LogP contribution in [0.25, 0.3) is 0 Å². The largest absolute Gasteiger partial charge is 0.398 e. The third-order valence-corrected chi connectivity index (χ3v) is 6.15. The Bertz CT molecular complexity index is 657. The predicted octanol–water partition coefficient (Wildman–Crippen LogP) is 1.03. The molecule has 7 heteroatoms. The van der Waals surface area contributed by atoms with Crippen LogP contribution in [0.1, 0.15) is 30.6 Å². The van der Waals surface area contributed by atoms with E-state index in [1.54, 1.807) is 0 Å². The minimum atomic E-state index is -3.64. The van der Waals surface area contributed by atoms with Gasteiger partial charge in [-0.2, -0.15) is 4.31 Å². The van der Waals surface area contributed by atoms with E-state index in [-0.39, 0.29) is 16.1 Å². The summed E-state index contributed by atoms with van der Waals surface area (Å²) in [4.78, 5) is 11.1. The fourth-order valence-electron chi connectivity index (χ4n) is 2.52. The molecule has 0 spiro atoms. The van der Waals surface area contributed by atoms with Gasteiger partial charge in [-0.15, -0.1) is 0 Å². The van der Waals surface area contributed by atoms with E-state index < -0.39 is 15.9 Å². The number of hydrogen-bond donors (Lipinski definition) is 2. The number of nitrogens with two attached hydrogens (primary N) is 2. The van der Waals surface area contributed by atoms with Gasteiger partial charge in [0, 0.05) is 18.7 Å². The molecule has 1 aliphatic heterocycles. The first-order valence-corrected chi connectivity index (χ1v) is 8.37. The average Bonchev–Trinajstić information content (AvgIpc) is 2.41. The highest BCUT2D eigenvalue weighted by Gasteiger charge is 2.32. The Kier molecular flexibility index (Phi) is 4.25. The molecular weight excluding hydrogens is 290 g/mol. The average molecular weight is 311 g/mol. The molecule has 1 aromatic carbocycles. The molecule has 0 aromatic heterocycles. The van der Waals surface area contributed by atoms with Gasteiger partial charge in [0.15, 0.2) is 0 Å². The van der Waals surface area contributed by atoms with Crippen LogP contribution >= 0.6 is 0 Å². The van der Waals surface area contributed by atoms with Crippen molar-refractivity contribution in [2.75, 3.05) is 18.8 Å². The van der Waals surface area contributed by atoms with Crippen molar-refractivity contribution < 1.29 is 13.2 Å². The number of piperidine rings is 1. The Morgan fingerprint density at radius 3 is 2.48 bits per heavy atom. The number of nitrogens with zero attached hydrogens (tertiary/aromatic N) is 1. The SMILES string of the molecule is CC1CCN(S(=O)(=O)c2ccc(C(N)=O)cc2N)CC1C. The van der Waals surface area contributed by atoms with Crippen LogP contribution in [-0.4, -0.2) is 31.7 Å². The number of amides is 1. The van der Waals surface area contributed by atoms with Gasteiger partial charge in [-0.3, -0.25) is 4.79 Å². The third kappa shape index (κ3) is 3.03. The van der Waals surface area contributed by atoms with E-state index >= 15 is 0 Å². The molecule has 1 amide bonds. The van der Waals surface area contributed by atoms with Gasteiger partial charge >= 0.3 is 0 Å². The summed E-state index contributed by atoms with van der Waals surface area (Å²) in [6, 6.07) is 4.06. The van der Waals surface area contributed by atoms with Gasteiger partial charge in [-0.05, 0) is 36.5 Å². The van der Waals surface area contributed by atoms with Crippen molar-refractivity contribution in [3.8, 4) is 0 Å². The van der Waals surface area contributed by atoms with Crippen LogP contribution in [-0.2, 0) is 10.0 Å². The summed E-state index contributed by atoms with van der Waals surface area (Å²) < 4.78 is 26.8. The lowest BCUT2D eigenvalue weighted by Crippen LogP contribution is -2.42. The van der Waals surface area contributed by atoms with Gasteiger partial charge < -0.3 is 11.5 Å². The second-order valence-corrected chi connectivity index (χ2v) is 7.63. The second-order valence-electron chi connectivity index (χ2n) is 5.72. The lowest BCUT2D eigenvalue weighted by molar-refractivity contribution is 0.1000. The Morgan fingerprint density at radius 1 is 1.29 bits per heavy atom. The standard InChI is InChI=1S/C14H21N3O3S/c1-9-5-6-17(8-10(9)2)21(19,20)13-4-3-11(14(16)18)7-12(13)15/h3-4,7,9-10H,5-6,8,15H2,1-2H3,(H2,16,18). The number of carbonyl (C=O) groups is 1. The molecule has 1 fully saturated rings. The highest BCUT2D eigenvalue weighted by molar-refractivity contribution is 7.89. The van der Waals surface area contributed by atoms with Crippen LogP contribution in [0.4, 0.5) is 5.69 Å². The van der Waals surface area contributed by atoms with Crippen molar-refractivity contribution in [1.82, 2.24) is 4.31 Å². The normalized spacial score (nSPS) is 23.9. The molecule has 0 bridgehead atoms. The predicted molar refractivity (Wildman–Crippen MR) is 81.1 cm³/mol. The highest BCUT2D eigenvalue weighted by atomic mass is 32.2. The van der Waals surface area contributed by atoms with Crippen molar-refractivity contribution >= 4 is 21.6 Å². The molecule has 2 atom stereocenters. The van der Waals surface area contributed by atoms with Crippen LogP contribution in [0.15, 0.2) is 23.1 Å². The van der Waals surface area contributed by atoms with E-state index in [0.29, 0.717) is 24.9 Å². The molecule has 4 N–H and O–H groups in total. The van der Waals surface area contributed by atoms with E-state index in [9.17, 15) is 13.2 Å². The summed E-state index contributed by atoms with van der Waals surface area (Å²) in [6.07, 6.45) is 0.833. The monoisotopic (exact) mass is 311 g/mol. The van der Waals surface area contributed by atoms with Crippen LogP contribution < -0.4 is 11.5 Å². The zero-order valence-electron chi connectivity index (χ0n) is 12.2. The third-order valence-electron chi connectivity index (χ3n) is 4.21. The quantitative estimate of drug-likeness (QED) is 0.813. The molecule has 0 aliphatic carbocycles. The number of carbonyl (C=O) groups excluding carboxylic acids is 1. The summed E-state index contributed by atoms with van der Waals surface area (Å²) in [5.74, 6) is 0.178. The molecule has 1 saturated heterocycles. The molecule has 2 rings (SSSR count). The number of primary amides is 1. The minimum Gasteiger partial charge on any atom is -0.398 e. The first kappa shape index (κ1) is 15.8. The lowest BCUT2D eigenvalue weighted by atomic mass is 9.90. The maximum absolute atomic E-state index is 12.7. The molecule has 1 aliphatic rings. The van der Waals surface area contributed by atoms with E-state index in [0.717, 1.165) is 6.42 Å². The zero-order chi connectivity index (χ0) is 15.8. The zero-order valence-corrected chi connectivity index (χ0v) is 13.1. The Balaban J connectivity index is 2.34. The maximum atomic E-state index is 12.7. The van der Waals surface area contributed by atoms with Crippen molar-refractivity contribution in [3.05, 3.63) is 23.8 Å². The molecule has 1 aromatic rings. The molecule has 0 saturated carbocycles. The number of nitrogen functional groups attached to an aromatic ring is 1. The fourth-order valence-corrected chi connectivity index (χ4v) is 4.17. The molecular formula is C14H21N3O3S. The number of anilines is 1. The van der Waals surface area contributed by atoms with E-state index in [1.165, 1.54) is 22.5 Å². The van der Waals surface area contributed by atoms with Gasteiger partial charge in [0.25, 0.3) is 0 Å². The summed E-state index contributed by atoms with van der Waals surface area (Å²) in [6.45, 7) is 5.15. The molecule has 1 heterocycles. The Morgan fingerprint density at radius 2 is 1.95 bits per heavy atom. The van der Waals surface area contributed by atoms with Gasteiger partial charge in [-0.1, -0.05) is 13.8 Å². The van der Waals surface area contributed by atoms with Crippen molar-refractivity contribution in [3.63, 3.8) is 0 Å². The van der Waals surface area contributed by atoms with E-state index in [2.05, 4.69) is 6.92 Å². The summed E-state index contributed by atoms with van der Waals surface area (Å²) >= 11 is 0. The topological polar surface area (TPSA) is 106 Å². The fraction of sp³-hybridized carbons (Fsp3) is 0.500. The lowest BCUT2D eigenvalue weighted by Gasteiger charge is -2.34. The molecule has 116 valence electrons. The highest BCUT2D eigenvalue weighted by Crippen LogP contribution is 2.29. The Hall–Kier alpha value is -1.60. The first-order valence-electron chi connectivity index (χ1n) is 6.93. The van der Waals surface area contributed by atoms with Gasteiger partial charge in [0.1, 0.15) is 4.90 Å². The maximum Gasteiger partial charge on any atom is 0.248 e. The van der Waals surface area contributed by atoms with Crippen LogP contribution in [0.3, 0.4) is 0 Å². The first-order chi connectivity index (χ1) is 9.73. The van der Waals surface area contributed by atoms with Crippen molar-refractivity contribution in [1.29, 1.82) is 0 Å².